The Kier molecular flexibility index (Phi) is 5.33. The van der Waals surface area contributed by atoms with Crippen molar-refractivity contribution in [1.82, 2.24) is 29.2 Å². The molecule has 4 rings (SSSR count). The van der Waals surface area contributed by atoms with Crippen LogP contribution in [-0.4, -0.2) is 48.2 Å². The minimum absolute atomic E-state index is 0.223. The number of hydrogen-bond donors (Lipinski definition) is 0. The van der Waals surface area contributed by atoms with Crippen LogP contribution in [0.1, 0.15) is 42.3 Å². The lowest BCUT2D eigenvalue weighted by Crippen LogP contribution is -2.39. The van der Waals surface area contributed by atoms with Gasteiger partial charge < -0.3 is 9.47 Å². The van der Waals surface area contributed by atoms with Crippen molar-refractivity contribution in [3.05, 3.63) is 52.8 Å². The van der Waals surface area contributed by atoms with E-state index in [1.165, 1.54) is 0 Å². The zero-order chi connectivity index (χ0) is 18.6. The second-order valence-electron chi connectivity index (χ2n) is 7.09. The average Bonchev–Trinajstić information content (AvgIpc) is 3.43. The summed E-state index contributed by atoms with van der Waals surface area (Å²) in [6.07, 6.45) is 11.0. The molecule has 0 bridgehead atoms. The summed E-state index contributed by atoms with van der Waals surface area (Å²) in [6, 6.07) is 0. The van der Waals surface area contributed by atoms with Crippen molar-refractivity contribution in [2.45, 2.75) is 38.1 Å². The summed E-state index contributed by atoms with van der Waals surface area (Å²) in [7, 11) is 1.90. The van der Waals surface area contributed by atoms with Crippen molar-refractivity contribution in [2.75, 3.05) is 13.1 Å². The minimum Gasteiger partial charge on any atom is -0.342 e. The van der Waals surface area contributed by atoms with Crippen LogP contribution < -0.4 is 0 Å². The molecule has 3 aromatic rings. The number of piperidine rings is 1. The summed E-state index contributed by atoms with van der Waals surface area (Å²) in [5.74, 6) is 1.57. The van der Waals surface area contributed by atoms with Gasteiger partial charge in [-0.15, -0.1) is 11.3 Å². The van der Waals surface area contributed by atoms with Gasteiger partial charge in [-0.05, 0) is 24.8 Å². The number of hydrogen-bond acceptors (Lipinski definition) is 5. The van der Waals surface area contributed by atoms with Crippen molar-refractivity contribution in [2.24, 2.45) is 7.05 Å². The highest BCUT2D eigenvalue weighted by atomic mass is 32.1. The number of nitrogens with zero attached hydrogens (tertiary/aromatic N) is 6. The summed E-state index contributed by atoms with van der Waals surface area (Å²) in [4.78, 5) is 23.7. The third-order valence-corrected chi connectivity index (χ3v) is 5.72. The first-order valence-electron chi connectivity index (χ1n) is 9.32. The largest absolute Gasteiger partial charge is 0.342 e. The normalized spacial score (nSPS) is 17.4. The molecule has 0 spiro atoms. The van der Waals surface area contributed by atoms with E-state index in [0.29, 0.717) is 6.42 Å². The Morgan fingerprint density at radius 1 is 1.37 bits per heavy atom. The number of carbonyl (C=O) groups is 1. The first-order chi connectivity index (χ1) is 13.2. The SMILES string of the molecule is Cn1cc(CCC(=O)N2CCCC(c3nccn3Cc3cscn3)C2)cn1. The molecule has 3 aromatic heterocycles. The molecule has 1 saturated heterocycles. The number of imidazole rings is 1. The van der Waals surface area contributed by atoms with Gasteiger partial charge in [-0.2, -0.15) is 5.10 Å². The summed E-state index contributed by atoms with van der Waals surface area (Å²) >= 11 is 1.61. The van der Waals surface area contributed by atoms with Crippen LogP contribution >= 0.6 is 11.3 Å². The summed E-state index contributed by atoms with van der Waals surface area (Å²) < 4.78 is 3.95. The van der Waals surface area contributed by atoms with Crippen LogP contribution in [0, 0.1) is 0 Å². The molecule has 27 heavy (non-hydrogen) atoms. The lowest BCUT2D eigenvalue weighted by atomic mass is 9.96. The number of aryl methyl sites for hydroxylation is 2. The summed E-state index contributed by atoms with van der Waals surface area (Å²) in [5.41, 5.74) is 4.02. The van der Waals surface area contributed by atoms with E-state index in [1.54, 1.807) is 16.0 Å². The Hall–Kier alpha value is -2.48. The zero-order valence-corrected chi connectivity index (χ0v) is 16.3. The quantitative estimate of drug-likeness (QED) is 0.655. The molecule has 1 unspecified atom stereocenters. The number of amides is 1. The molecule has 8 heteroatoms. The van der Waals surface area contributed by atoms with Crippen molar-refractivity contribution in [3.8, 4) is 0 Å². The minimum atomic E-state index is 0.223. The molecule has 1 aliphatic rings. The molecular weight excluding hydrogens is 360 g/mol. The highest BCUT2D eigenvalue weighted by Crippen LogP contribution is 2.27. The van der Waals surface area contributed by atoms with Gasteiger partial charge in [0.25, 0.3) is 0 Å². The first kappa shape index (κ1) is 17.9. The first-order valence-corrected chi connectivity index (χ1v) is 10.3. The van der Waals surface area contributed by atoms with Crippen molar-refractivity contribution < 1.29 is 4.79 Å². The fourth-order valence-corrected chi connectivity index (χ4v) is 4.28. The lowest BCUT2D eigenvalue weighted by Gasteiger charge is -2.32. The van der Waals surface area contributed by atoms with Gasteiger partial charge in [0.1, 0.15) is 5.82 Å². The van der Waals surface area contributed by atoms with Gasteiger partial charge in [0.05, 0.1) is 23.9 Å². The number of rotatable bonds is 6. The highest BCUT2D eigenvalue weighted by molar-refractivity contribution is 7.07. The molecule has 0 N–H and O–H groups in total. The van der Waals surface area contributed by atoms with Gasteiger partial charge >= 0.3 is 0 Å². The van der Waals surface area contributed by atoms with E-state index in [2.05, 4.69) is 25.0 Å². The fourth-order valence-electron chi connectivity index (χ4n) is 3.73. The van der Waals surface area contributed by atoms with Crippen LogP contribution in [0.3, 0.4) is 0 Å². The van der Waals surface area contributed by atoms with Gasteiger partial charge in [-0.25, -0.2) is 9.97 Å². The highest BCUT2D eigenvalue weighted by Gasteiger charge is 2.27. The predicted molar refractivity (Wildman–Crippen MR) is 104 cm³/mol. The Labute approximate surface area is 162 Å². The monoisotopic (exact) mass is 384 g/mol. The summed E-state index contributed by atoms with van der Waals surface area (Å²) in [5, 5.41) is 6.24. The number of thiazole rings is 1. The molecule has 0 saturated carbocycles. The maximum absolute atomic E-state index is 12.7. The van der Waals surface area contributed by atoms with Crippen LogP contribution in [0.25, 0.3) is 0 Å². The fraction of sp³-hybridized carbons (Fsp3) is 0.474. The Morgan fingerprint density at radius 2 is 2.30 bits per heavy atom. The molecule has 0 aliphatic carbocycles. The maximum Gasteiger partial charge on any atom is 0.222 e. The van der Waals surface area contributed by atoms with Crippen molar-refractivity contribution in [1.29, 1.82) is 0 Å². The van der Waals surface area contributed by atoms with Gasteiger partial charge in [0.2, 0.25) is 5.91 Å². The molecule has 1 fully saturated rings. The molecule has 7 nitrogen and oxygen atoms in total. The van der Waals surface area contributed by atoms with Crippen LogP contribution in [-0.2, 0) is 24.8 Å². The molecule has 142 valence electrons. The van der Waals surface area contributed by atoms with Crippen molar-refractivity contribution >= 4 is 17.2 Å². The molecule has 1 amide bonds. The second-order valence-corrected chi connectivity index (χ2v) is 7.81. The van der Waals surface area contributed by atoms with Crippen LogP contribution in [0.4, 0.5) is 0 Å². The van der Waals surface area contributed by atoms with E-state index in [-0.39, 0.29) is 11.8 Å². The molecule has 1 atom stereocenters. The maximum atomic E-state index is 12.7. The molecule has 0 radical (unpaired) electrons. The Bertz CT molecular complexity index is 884. The van der Waals surface area contributed by atoms with Gasteiger partial charge in [0, 0.05) is 56.4 Å². The van der Waals surface area contributed by atoms with E-state index in [1.807, 2.05) is 42.2 Å². The van der Waals surface area contributed by atoms with Gasteiger partial charge in [-0.3, -0.25) is 9.48 Å². The van der Waals surface area contributed by atoms with Crippen molar-refractivity contribution in [3.63, 3.8) is 0 Å². The summed E-state index contributed by atoms with van der Waals surface area (Å²) in [6.45, 7) is 2.33. The van der Waals surface area contributed by atoms with Crippen LogP contribution in [0.15, 0.2) is 35.7 Å². The van der Waals surface area contributed by atoms with Gasteiger partial charge in [-0.1, -0.05) is 0 Å². The second kappa shape index (κ2) is 8.04. The lowest BCUT2D eigenvalue weighted by molar-refractivity contribution is -0.132. The average molecular weight is 385 g/mol. The van der Waals surface area contributed by atoms with E-state index in [0.717, 1.165) is 56.0 Å². The number of carbonyl (C=O) groups excluding carboxylic acids is 1. The zero-order valence-electron chi connectivity index (χ0n) is 15.5. The molecule has 1 aliphatic heterocycles. The van der Waals surface area contributed by atoms with E-state index < -0.39 is 0 Å². The van der Waals surface area contributed by atoms with Crippen LogP contribution in [0.5, 0.6) is 0 Å². The molecule has 0 aromatic carbocycles. The number of aromatic nitrogens is 5. The Balaban J connectivity index is 1.38. The van der Waals surface area contributed by atoms with Crippen LogP contribution in [0.2, 0.25) is 0 Å². The third kappa shape index (κ3) is 4.27. The van der Waals surface area contributed by atoms with E-state index >= 15 is 0 Å². The van der Waals surface area contributed by atoms with E-state index in [9.17, 15) is 4.79 Å². The third-order valence-electron chi connectivity index (χ3n) is 5.09. The molecular formula is C19H24N6OS. The topological polar surface area (TPSA) is 68.8 Å². The number of likely N-dealkylation sites (tertiary alicyclic amines) is 1. The van der Waals surface area contributed by atoms with Gasteiger partial charge in [0.15, 0.2) is 0 Å². The smallest absolute Gasteiger partial charge is 0.222 e. The standard InChI is InChI=1S/C19H24N6OS/c1-23-10-15(9-22-23)4-5-18(26)24-7-2-3-16(11-24)19-20-6-8-25(19)12-17-13-27-14-21-17/h6,8-10,13-14,16H,2-5,7,11-12H2,1H3. The van der Waals surface area contributed by atoms with E-state index in [4.69, 9.17) is 0 Å². The molecule has 4 heterocycles. The predicted octanol–water partition coefficient (Wildman–Crippen LogP) is 2.46. The Morgan fingerprint density at radius 3 is 3.07 bits per heavy atom.